The molecule has 0 bridgehead atoms. The summed E-state index contributed by atoms with van der Waals surface area (Å²) in [5, 5.41) is 9.35. The second-order valence-corrected chi connectivity index (χ2v) is 4.58. The van der Waals surface area contributed by atoms with Crippen LogP contribution in [0.2, 0.25) is 0 Å². The van der Waals surface area contributed by atoms with Gasteiger partial charge in [0.15, 0.2) is 0 Å². The smallest absolute Gasteiger partial charge is 0.293 e. The molecule has 92 valence electrons. The third kappa shape index (κ3) is 3.50. The quantitative estimate of drug-likeness (QED) is 0.240. The summed E-state index contributed by atoms with van der Waals surface area (Å²) in [5.74, 6) is -1.05. The molecule has 1 rings (SSSR count). The molecule has 2 amide bonds. The predicted molar refractivity (Wildman–Crippen MR) is 51.1 cm³/mol. The molecule has 0 radical (unpaired) electrons. The molecule has 4 N–H and O–H groups in total. The molecule has 1 aliphatic heterocycles. The first kappa shape index (κ1) is 13.0. The maximum Gasteiger partial charge on any atom is 0.293 e. The number of amides is 2. The van der Waals surface area contributed by atoms with Gasteiger partial charge in [0.1, 0.15) is 6.23 Å². The zero-order chi connectivity index (χ0) is 12.3. The average molecular weight is 252 g/mol. The second-order valence-electron chi connectivity index (χ2n) is 3.13. The summed E-state index contributed by atoms with van der Waals surface area (Å²) < 4.78 is 24.0. The summed E-state index contributed by atoms with van der Waals surface area (Å²) in [6.45, 7) is 1.20. The molecule has 0 spiro atoms. The van der Waals surface area contributed by atoms with Crippen LogP contribution >= 0.6 is 0 Å². The van der Waals surface area contributed by atoms with E-state index in [2.05, 4.69) is 0 Å². The van der Waals surface area contributed by atoms with E-state index in [-0.39, 0.29) is 12.8 Å². The van der Waals surface area contributed by atoms with Gasteiger partial charge < -0.3 is 5.11 Å². The molecule has 16 heavy (non-hydrogen) atoms. The molecule has 0 aromatic rings. The molecule has 0 aromatic carbocycles. The van der Waals surface area contributed by atoms with Gasteiger partial charge >= 0.3 is 0 Å². The number of aliphatic hydroxyl groups is 1. The highest BCUT2D eigenvalue weighted by molar-refractivity contribution is 7.87. The highest BCUT2D eigenvalue weighted by Gasteiger charge is 2.30. The lowest BCUT2D eigenvalue weighted by Gasteiger charge is -2.16. The van der Waals surface area contributed by atoms with E-state index >= 15 is 0 Å². The average Bonchev–Trinajstić information content (AvgIpc) is 2.41. The van der Waals surface area contributed by atoms with Crippen LogP contribution in [-0.4, -0.2) is 36.6 Å². The first-order valence-electron chi connectivity index (χ1n) is 4.40. The highest BCUT2D eigenvalue weighted by Crippen LogP contribution is 2.07. The Labute approximate surface area is 91.9 Å². The Morgan fingerprint density at radius 2 is 1.81 bits per heavy atom. The Hall–Kier alpha value is -1.07. The second kappa shape index (κ2) is 4.84. The van der Waals surface area contributed by atoms with Crippen molar-refractivity contribution in [3.05, 3.63) is 0 Å². The van der Waals surface area contributed by atoms with Crippen molar-refractivity contribution in [2.45, 2.75) is 26.0 Å². The number of aliphatic hydroxyl groups excluding tert-OH is 1. The number of hydrogen-bond donors (Lipinski definition) is 4. The molecule has 10 heteroatoms. The first-order chi connectivity index (χ1) is 7.32. The zero-order valence-corrected chi connectivity index (χ0v) is 9.24. The lowest BCUT2D eigenvalue weighted by molar-refractivity contribution is -0.142. The van der Waals surface area contributed by atoms with Crippen LogP contribution < -0.4 is 15.1 Å². The monoisotopic (exact) mass is 252 g/mol. The van der Waals surface area contributed by atoms with Crippen molar-refractivity contribution in [1.29, 1.82) is 0 Å². The van der Waals surface area contributed by atoms with E-state index < -0.39 is 28.3 Å². The summed E-state index contributed by atoms with van der Waals surface area (Å²) in [6.07, 6.45) is -1.21. The molecule has 0 aromatic heterocycles. The van der Waals surface area contributed by atoms with Crippen molar-refractivity contribution in [1.82, 2.24) is 20.1 Å². The zero-order valence-electron chi connectivity index (χ0n) is 8.43. The van der Waals surface area contributed by atoms with Crippen molar-refractivity contribution < 1.29 is 23.1 Å². The largest absolute Gasteiger partial charge is 0.378 e. The Balaban J connectivity index is 2.51. The first-order valence-corrected chi connectivity index (χ1v) is 5.89. The summed E-state index contributed by atoms with van der Waals surface area (Å²) in [7, 11) is -4.02. The predicted octanol–water partition coefficient (Wildman–Crippen LogP) is -2.68. The number of nitrogens with one attached hydrogen (secondary N) is 3. The van der Waals surface area contributed by atoms with E-state index in [9.17, 15) is 18.0 Å². The number of nitrogens with zero attached hydrogens (tertiary/aromatic N) is 1. The van der Waals surface area contributed by atoms with E-state index in [0.29, 0.717) is 5.01 Å². The summed E-state index contributed by atoms with van der Waals surface area (Å²) in [6, 6.07) is 0. The van der Waals surface area contributed by atoms with Gasteiger partial charge in [0.25, 0.3) is 10.2 Å². The highest BCUT2D eigenvalue weighted by atomic mass is 32.2. The number of carbonyl (C=O) groups excluding carboxylic acids is 2. The fraction of sp³-hybridized carbons (Fsp3) is 0.667. The minimum atomic E-state index is -4.02. The summed E-state index contributed by atoms with van der Waals surface area (Å²) in [4.78, 5) is 23.9. The van der Waals surface area contributed by atoms with Gasteiger partial charge in [0.05, 0.1) is 0 Å². The van der Waals surface area contributed by atoms with Crippen molar-refractivity contribution in [3.63, 3.8) is 0 Å². The van der Waals surface area contributed by atoms with Gasteiger partial charge in [-0.2, -0.15) is 18.1 Å². The fourth-order valence-corrected chi connectivity index (χ4v) is 1.78. The topological polar surface area (TPSA) is 128 Å². The Kier molecular flexibility index (Phi) is 3.93. The molecular formula is C6H12N4O5S. The van der Waals surface area contributed by atoms with Gasteiger partial charge in [-0.15, -0.1) is 10.4 Å². The SMILES string of the molecule is CC(O)NS(=O)(=O)NNN1C(=O)CCC1=O. The maximum absolute atomic E-state index is 11.1. The van der Waals surface area contributed by atoms with Gasteiger partial charge in [-0.05, 0) is 6.92 Å². The van der Waals surface area contributed by atoms with E-state index in [1.807, 2.05) is 5.53 Å². The normalized spacial score (nSPS) is 19.2. The van der Waals surface area contributed by atoms with Crippen LogP contribution in [0.3, 0.4) is 0 Å². The number of imide groups is 1. The van der Waals surface area contributed by atoms with Gasteiger partial charge in [-0.25, -0.2) is 0 Å². The van der Waals surface area contributed by atoms with Gasteiger partial charge in [-0.1, -0.05) is 0 Å². The minimum Gasteiger partial charge on any atom is -0.378 e. The molecular weight excluding hydrogens is 240 g/mol. The van der Waals surface area contributed by atoms with Crippen LogP contribution in [0.15, 0.2) is 0 Å². The Bertz CT molecular complexity index is 376. The maximum atomic E-state index is 11.1. The third-order valence-electron chi connectivity index (χ3n) is 1.67. The third-order valence-corrected chi connectivity index (χ3v) is 2.68. The van der Waals surface area contributed by atoms with E-state index in [0.717, 1.165) is 0 Å². The molecule has 0 aliphatic carbocycles. The molecule has 1 unspecified atom stereocenters. The van der Waals surface area contributed by atoms with Crippen LogP contribution in [0.1, 0.15) is 19.8 Å². The van der Waals surface area contributed by atoms with Crippen molar-refractivity contribution in [2.24, 2.45) is 0 Å². The Morgan fingerprint density at radius 3 is 2.25 bits per heavy atom. The van der Waals surface area contributed by atoms with Crippen molar-refractivity contribution >= 4 is 22.0 Å². The van der Waals surface area contributed by atoms with Crippen molar-refractivity contribution in [3.8, 4) is 0 Å². The number of rotatable bonds is 5. The van der Waals surface area contributed by atoms with E-state index in [1.54, 1.807) is 9.55 Å². The van der Waals surface area contributed by atoms with Crippen LogP contribution in [-0.2, 0) is 19.8 Å². The van der Waals surface area contributed by atoms with E-state index in [4.69, 9.17) is 5.11 Å². The Morgan fingerprint density at radius 1 is 1.31 bits per heavy atom. The van der Waals surface area contributed by atoms with Gasteiger partial charge in [-0.3, -0.25) is 9.59 Å². The number of hydrogen-bond acceptors (Lipinski definition) is 6. The molecule has 1 atom stereocenters. The molecule has 9 nitrogen and oxygen atoms in total. The number of carbonyl (C=O) groups is 2. The lowest BCUT2D eigenvalue weighted by atomic mass is 10.4. The van der Waals surface area contributed by atoms with E-state index in [1.165, 1.54) is 6.92 Å². The molecule has 0 saturated carbocycles. The van der Waals surface area contributed by atoms with Crippen LogP contribution in [0.5, 0.6) is 0 Å². The van der Waals surface area contributed by atoms with Crippen LogP contribution in [0.25, 0.3) is 0 Å². The molecule has 1 saturated heterocycles. The number of hydrazine groups is 2. The van der Waals surface area contributed by atoms with Crippen molar-refractivity contribution in [2.75, 3.05) is 0 Å². The lowest BCUT2D eigenvalue weighted by Crippen LogP contribution is -2.55. The summed E-state index contributed by atoms with van der Waals surface area (Å²) >= 11 is 0. The van der Waals surface area contributed by atoms with Crippen LogP contribution in [0.4, 0.5) is 0 Å². The molecule has 1 fully saturated rings. The van der Waals surface area contributed by atoms with Gasteiger partial charge in [0.2, 0.25) is 11.8 Å². The molecule has 1 heterocycles. The standard InChI is InChI=1S/C6H12N4O5S/c1-4(11)7-16(14,15)9-8-10-5(12)2-3-6(10)13/h4,7-9,11H,2-3H2,1H3. The van der Waals surface area contributed by atoms with Crippen LogP contribution in [0, 0.1) is 0 Å². The molecule has 1 aliphatic rings. The fourth-order valence-electron chi connectivity index (χ4n) is 1.06. The summed E-state index contributed by atoms with van der Waals surface area (Å²) in [5.41, 5.74) is 1.95. The minimum absolute atomic E-state index is 0.0391. The van der Waals surface area contributed by atoms with Gasteiger partial charge in [0, 0.05) is 12.8 Å².